The van der Waals surface area contributed by atoms with Crippen molar-refractivity contribution in [3.63, 3.8) is 0 Å². The first-order chi connectivity index (χ1) is 10.1. The van der Waals surface area contributed by atoms with Gasteiger partial charge in [-0.2, -0.15) is 0 Å². The van der Waals surface area contributed by atoms with Gasteiger partial charge in [-0.05, 0) is 36.8 Å². The molecule has 2 aromatic carbocycles. The zero-order valence-corrected chi connectivity index (χ0v) is 12.0. The van der Waals surface area contributed by atoms with Crippen LogP contribution in [0.25, 0.3) is 11.1 Å². The molecular weight excluding hydrogens is 264 g/mol. The second kappa shape index (κ2) is 5.40. The molecule has 21 heavy (non-hydrogen) atoms. The molecular formula is C17H16N2O2. The highest BCUT2D eigenvalue weighted by atomic mass is 16.3. The zero-order valence-electron chi connectivity index (χ0n) is 12.0. The highest BCUT2D eigenvalue weighted by Gasteiger charge is 2.06. The van der Waals surface area contributed by atoms with Gasteiger partial charge in [0.05, 0.1) is 0 Å². The molecule has 0 spiro atoms. The molecule has 0 unspecified atom stereocenters. The summed E-state index contributed by atoms with van der Waals surface area (Å²) in [5, 5.41) is 2.91. The fourth-order valence-corrected chi connectivity index (χ4v) is 2.19. The van der Waals surface area contributed by atoms with Crippen molar-refractivity contribution in [3.8, 4) is 0 Å². The maximum atomic E-state index is 12.1. The largest absolute Gasteiger partial charge is 0.441 e. The molecule has 1 N–H and O–H groups in total. The average Bonchev–Trinajstić information content (AvgIpc) is 2.84. The van der Waals surface area contributed by atoms with Crippen LogP contribution in [0.4, 0.5) is 0 Å². The van der Waals surface area contributed by atoms with E-state index >= 15 is 0 Å². The van der Waals surface area contributed by atoms with Crippen LogP contribution in [0.1, 0.15) is 27.4 Å². The van der Waals surface area contributed by atoms with Gasteiger partial charge in [-0.3, -0.25) is 4.79 Å². The Morgan fingerprint density at radius 1 is 1.14 bits per heavy atom. The zero-order chi connectivity index (χ0) is 14.8. The lowest BCUT2D eigenvalue weighted by atomic mass is 10.1. The minimum Gasteiger partial charge on any atom is -0.441 e. The molecule has 1 aromatic heterocycles. The number of oxazole rings is 1. The first-order valence-electron chi connectivity index (χ1n) is 6.83. The van der Waals surface area contributed by atoms with Crippen LogP contribution in [0.5, 0.6) is 0 Å². The van der Waals surface area contributed by atoms with E-state index in [9.17, 15) is 4.79 Å². The number of benzene rings is 2. The summed E-state index contributed by atoms with van der Waals surface area (Å²) in [5.41, 5.74) is 4.38. The Bertz CT molecular complexity index is 788. The Labute approximate surface area is 122 Å². The number of aromatic nitrogens is 1. The fraction of sp³-hybridized carbons (Fsp3) is 0.176. The van der Waals surface area contributed by atoms with Crippen molar-refractivity contribution < 1.29 is 9.21 Å². The van der Waals surface area contributed by atoms with Gasteiger partial charge in [0.25, 0.3) is 5.91 Å². The van der Waals surface area contributed by atoms with E-state index < -0.39 is 0 Å². The van der Waals surface area contributed by atoms with Crippen molar-refractivity contribution in [1.82, 2.24) is 10.3 Å². The molecule has 0 saturated heterocycles. The van der Waals surface area contributed by atoms with E-state index in [0.29, 0.717) is 18.0 Å². The van der Waals surface area contributed by atoms with Crippen molar-refractivity contribution in [1.29, 1.82) is 0 Å². The summed E-state index contributed by atoms with van der Waals surface area (Å²) >= 11 is 0. The van der Waals surface area contributed by atoms with E-state index in [1.54, 1.807) is 0 Å². The summed E-state index contributed by atoms with van der Waals surface area (Å²) in [6, 6.07) is 13.3. The third kappa shape index (κ3) is 2.94. The average molecular weight is 280 g/mol. The first-order valence-corrected chi connectivity index (χ1v) is 6.83. The Morgan fingerprint density at radius 3 is 2.67 bits per heavy atom. The molecule has 0 aliphatic carbocycles. The summed E-state index contributed by atoms with van der Waals surface area (Å²) in [5.74, 6) is 0.567. The van der Waals surface area contributed by atoms with Crippen LogP contribution in [0, 0.1) is 13.8 Å². The summed E-state index contributed by atoms with van der Waals surface area (Å²) in [7, 11) is 0. The number of fused-ring (bicyclic) bond motifs is 1. The van der Waals surface area contributed by atoms with Gasteiger partial charge in [-0.1, -0.05) is 23.8 Å². The Morgan fingerprint density at radius 2 is 1.90 bits per heavy atom. The Hall–Kier alpha value is -2.62. The van der Waals surface area contributed by atoms with E-state index in [-0.39, 0.29) is 5.91 Å². The molecule has 0 saturated carbocycles. The molecule has 0 bridgehead atoms. The monoisotopic (exact) mass is 280 g/mol. The highest BCUT2D eigenvalue weighted by molar-refractivity contribution is 5.94. The van der Waals surface area contributed by atoms with Gasteiger partial charge in [0.15, 0.2) is 11.5 Å². The van der Waals surface area contributed by atoms with Crippen LogP contribution in [-0.4, -0.2) is 10.9 Å². The van der Waals surface area contributed by atoms with Gasteiger partial charge in [0, 0.05) is 19.0 Å². The normalized spacial score (nSPS) is 10.8. The van der Waals surface area contributed by atoms with E-state index in [2.05, 4.69) is 10.3 Å². The predicted octanol–water partition coefficient (Wildman–Crippen LogP) is 3.37. The number of carbonyl (C=O) groups excluding carboxylic acids is 1. The maximum Gasteiger partial charge on any atom is 0.251 e. The molecule has 3 rings (SSSR count). The molecule has 1 amide bonds. The third-order valence-electron chi connectivity index (χ3n) is 3.33. The lowest BCUT2D eigenvalue weighted by molar-refractivity contribution is 0.0951. The lowest BCUT2D eigenvalue weighted by Gasteiger charge is -2.05. The number of hydrogen-bond acceptors (Lipinski definition) is 3. The van der Waals surface area contributed by atoms with Crippen LogP contribution >= 0.6 is 0 Å². The molecule has 0 atom stereocenters. The van der Waals surface area contributed by atoms with Gasteiger partial charge >= 0.3 is 0 Å². The quantitative estimate of drug-likeness (QED) is 0.800. The number of rotatable bonds is 3. The number of amides is 1. The second-order valence-corrected chi connectivity index (χ2v) is 5.08. The molecule has 0 radical (unpaired) electrons. The van der Waals surface area contributed by atoms with Crippen molar-refractivity contribution in [2.45, 2.75) is 20.4 Å². The topological polar surface area (TPSA) is 55.1 Å². The standard InChI is InChI=1S/C17H16N2O2/c1-11-3-6-14(7-4-11)17(20)18-10-13-5-8-16-15(9-13)19-12(2)21-16/h3-9H,10H2,1-2H3,(H,18,20). The first kappa shape index (κ1) is 13.4. The highest BCUT2D eigenvalue weighted by Crippen LogP contribution is 2.16. The SMILES string of the molecule is Cc1ccc(C(=O)NCc2ccc3oc(C)nc3c2)cc1. The van der Waals surface area contributed by atoms with E-state index in [0.717, 1.165) is 22.2 Å². The van der Waals surface area contributed by atoms with Crippen LogP contribution in [0.2, 0.25) is 0 Å². The number of nitrogens with one attached hydrogen (secondary N) is 1. The smallest absolute Gasteiger partial charge is 0.251 e. The molecule has 106 valence electrons. The number of carbonyl (C=O) groups is 1. The van der Waals surface area contributed by atoms with Crippen LogP contribution in [0.15, 0.2) is 46.9 Å². The predicted molar refractivity (Wildman–Crippen MR) is 81.1 cm³/mol. The molecule has 3 aromatic rings. The molecule has 1 heterocycles. The molecule has 4 heteroatoms. The summed E-state index contributed by atoms with van der Waals surface area (Å²) < 4.78 is 5.43. The van der Waals surface area contributed by atoms with Crippen molar-refractivity contribution in [3.05, 3.63) is 65.0 Å². The molecule has 0 fully saturated rings. The van der Waals surface area contributed by atoms with E-state index in [1.807, 2.05) is 56.3 Å². The van der Waals surface area contributed by atoms with Crippen LogP contribution < -0.4 is 5.32 Å². The minimum absolute atomic E-state index is 0.0774. The van der Waals surface area contributed by atoms with Crippen LogP contribution in [-0.2, 0) is 6.54 Å². The molecule has 4 nitrogen and oxygen atoms in total. The van der Waals surface area contributed by atoms with Crippen molar-refractivity contribution in [2.24, 2.45) is 0 Å². The van der Waals surface area contributed by atoms with Crippen molar-refractivity contribution in [2.75, 3.05) is 0 Å². The van der Waals surface area contributed by atoms with Gasteiger partial charge in [0.1, 0.15) is 5.52 Å². The Kier molecular flexibility index (Phi) is 3.44. The lowest BCUT2D eigenvalue weighted by Crippen LogP contribution is -2.22. The molecule has 0 aliphatic rings. The van der Waals surface area contributed by atoms with Crippen molar-refractivity contribution >= 4 is 17.0 Å². The minimum atomic E-state index is -0.0774. The number of nitrogens with zero attached hydrogens (tertiary/aromatic N) is 1. The van der Waals surface area contributed by atoms with Crippen LogP contribution in [0.3, 0.4) is 0 Å². The molecule has 0 aliphatic heterocycles. The van der Waals surface area contributed by atoms with Gasteiger partial charge in [-0.15, -0.1) is 0 Å². The van der Waals surface area contributed by atoms with E-state index in [4.69, 9.17) is 4.42 Å². The van der Waals surface area contributed by atoms with Gasteiger partial charge < -0.3 is 9.73 Å². The second-order valence-electron chi connectivity index (χ2n) is 5.08. The summed E-state index contributed by atoms with van der Waals surface area (Å²) in [6.45, 7) is 4.28. The van der Waals surface area contributed by atoms with Gasteiger partial charge in [-0.25, -0.2) is 4.98 Å². The maximum absolute atomic E-state index is 12.1. The number of aryl methyl sites for hydroxylation is 2. The third-order valence-corrected chi connectivity index (χ3v) is 3.33. The number of hydrogen-bond donors (Lipinski definition) is 1. The fourth-order valence-electron chi connectivity index (χ4n) is 2.19. The van der Waals surface area contributed by atoms with E-state index in [1.165, 1.54) is 0 Å². The summed E-state index contributed by atoms with van der Waals surface area (Å²) in [4.78, 5) is 16.3. The Balaban J connectivity index is 1.70. The summed E-state index contributed by atoms with van der Waals surface area (Å²) in [6.07, 6.45) is 0. The van der Waals surface area contributed by atoms with Gasteiger partial charge in [0.2, 0.25) is 0 Å².